The summed E-state index contributed by atoms with van der Waals surface area (Å²) in [6, 6.07) is 1.64. The van der Waals surface area contributed by atoms with E-state index >= 15 is 0 Å². The maximum absolute atomic E-state index is 12.9. The highest BCUT2D eigenvalue weighted by atomic mass is 35.5. The summed E-state index contributed by atoms with van der Waals surface area (Å²) in [4.78, 5) is 43.0. The van der Waals surface area contributed by atoms with Gasteiger partial charge in [0.25, 0.3) is 0 Å². The van der Waals surface area contributed by atoms with Gasteiger partial charge in [0.2, 0.25) is 11.8 Å². The third-order valence-electron chi connectivity index (χ3n) is 7.49. The van der Waals surface area contributed by atoms with Crippen molar-refractivity contribution in [1.82, 2.24) is 14.7 Å². The number of amides is 4. The molecule has 3 fully saturated rings. The molecular formula is C24H30ClF3N4O3. The number of carbonyl (C=O) groups excluding carboxylic acids is 3. The first-order valence-corrected chi connectivity index (χ1v) is 12.4. The largest absolute Gasteiger partial charge is 0.417 e. The topological polar surface area (TPSA) is 73.0 Å². The Bertz CT molecular complexity index is 989. The van der Waals surface area contributed by atoms with Gasteiger partial charge < -0.3 is 20.0 Å². The Balaban J connectivity index is 1.23. The van der Waals surface area contributed by atoms with Crippen molar-refractivity contribution in [2.75, 3.05) is 38.0 Å². The Kier molecular flexibility index (Phi) is 7.22. The molecule has 4 amide bonds. The van der Waals surface area contributed by atoms with E-state index in [1.54, 1.807) is 11.8 Å². The average molecular weight is 515 g/mol. The number of piperidine rings is 1. The second kappa shape index (κ2) is 9.87. The lowest BCUT2D eigenvalue weighted by Crippen LogP contribution is -2.58. The number of carbonyl (C=O) groups is 3. The van der Waals surface area contributed by atoms with Gasteiger partial charge in [-0.05, 0) is 62.6 Å². The molecule has 1 aromatic rings. The summed E-state index contributed by atoms with van der Waals surface area (Å²) in [5.74, 6) is -0.0906. The fraction of sp³-hybridized carbons (Fsp3) is 0.625. The van der Waals surface area contributed by atoms with Crippen LogP contribution in [0.5, 0.6) is 0 Å². The van der Waals surface area contributed by atoms with Crippen LogP contribution in [0.15, 0.2) is 18.2 Å². The number of halogens is 4. The van der Waals surface area contributed by atoms with E-state index in [2.05, 4.69) is 5.32 Å². The van der Waals surface area contributed by atoms with E-state index in [1.165, 1.54) is 17.7 Å². The second-order valence-electron chi connectivity index (χ2n) is 9.80. The SMILES string of the molecule is CC1C(=O)N(CCCC(=O)N2CCC3(CC2)CC3)CCN1C(=O)Nc1ccc(C(F)(F)F)c(Cl)c1. The lowest BCUT2D eigenvalue weighted by atomic mass is 9.93. The van der Waals surface area contributed by atoms with Gasteiger partial charge in [0.15, 0.2) is 0 Å². The van der Waals surface area contributed by atoms with Crippen LogP contribution in [0.4, 0.5) is 23.7 Å². The first-order chi connectivity index (χ1) is 16.5. The Morgan fingerprint density at radius 1 is 1.11 bits per heavy atom. The van der Waals surface area contributed by atoms with Crippen LogP contribution in [0, 0.1) is 5.41 Å². The van der Waals surface area contributed by atoms with Crippen LogP contribution in [-0.4, -0.2) is 71.3 Å². The molecule has 35 heavy (non-hydrogen) atoms. The minimum atomic E-state index is -4.59. The van der Waals surface area contributed by atoms with Gasteiger partial charge in [-0.15, -0.1) is 0 Å². The van der Waals surface area contributed by atoms with Gasteiger partial charge in [0.05, 0.1) is 10.6 Å². The highest BCUT2D eigenvalue weighted by Crippen LogP contribution is 2.53. The minimum Gasteiger partial charge on any atom is -0.343 e. The van der Waals surface area contributed by atoms with E-state index in [0.717, 1.165) is 44.1 Å². The number of benzene rings is 1. The predicted octanol–water partition coefficient (Wildman–Crippen LogP) is 4.61. The molecule has 0 radical (unpaired) electrons. The summed E-state index contributed by atoms with van der Waals surface area (Å²) >= 11 is 5.72. The van der Waals surface area contributed by atoms with Crippen molar-refractivity contribution in [3.63, 3.8) is 0 Å². The number of hydrogen-bond donors (Lipinski definition) is 1. The molecule has 1 aliphatic carbocycles. The number of nitrogens with zero attached hydrogens (tertiary/aromatic N) is 3. The minimum absolute atomic E-state index is 0.110. The average Bonchev–Trinajstić information content (AvgIpc) is 3.54. The third kappa shape index (κ3) is 5.85. The van der Waals surface area contributed by atoms with Crippen LogP contribution in [-0.2, 0) is 15.8 Å². The molecule has 1 saturated carbocycles. The Labute approximate surface area is 207 Å². The highest BCUT2D eigenvalue weighted by Gasteiger charge is 2.45. The second-order valence-corrected chi connectivity index (χ2v) is 10.2. The molecule has 1 atom stereocenters. The fourth-order valence-electron chi connectivity index (χ4n) is 4.93. The summed E-state index contributed by atoms with van der Waals surface area (Å²) in [7, 11) is 0. The summed E-state index contributed by atoms with van der Waals surface area (Å²) < 4.78 is 38.6. The molecule has 1 unspecified atom stereocenters. The molecule has 4 rings (SSSR count). The predicted molar refractivity (Wildman–Crippen MR) is 125 cm³/mol. The number of nitrogens with one attached hydrogen (secondary N) is 1. The molecular weight excluding hydrogens is 485 g/mol. The monoisotopic (exact) mass is 514 g/mol. The summed E-state index contributed by atoms with van der Waals surface area (Å²) in [5.41, 5.74) is -0.358. The molecule has 11 heteroatoms. The van der Waals surface area contributed by atoms with E-state index in [4.69, 9.17) is 11.6 Å². The van der Waals surface area contributed by atoms with Crippen molar-refractivity contribution in [2.24, 2.45) is 5.41 Å². The third-order valence-corrected chi connectivity index (χ3v) is 7.80. The normalized spacial score (nSPS) is 21.9. The molecule has 7 nitrogen and oxygen atoms in total. The fourth-order valence-corrected chi connectivity index (χ4v) is 5.22. The van der Waals surface area contributed by atoms with E-state index in [-0.39, 0.29) is 24.0 Å². The summed E-state index contributed by atoms with van der Waals surface area (Å²) in [5, 5.41) is 2.00. The standard InChI is InChI=1S/C24H30ClF3N4O3/c1-16-21(34)31(10-2-3-20(33)30-11-8-23(6-7-23)9-12-30)13-14-32(16)22(35)29-17-4-5-18(19(25)15-17)24(26,27)28/h4-5,15-16H,2-3,6-14H2,1H3,(H,29,35). The molecule has 0 aromatic heterocycles. The van der Waals surface area contributed by atoms with E-state index in [0.29, 0.717) is 31.3 Å². The quantitative estimate of drug-likeness (QED) is 0.624. The lowest BCUT2D eigenvalue weighted by molar-refractivity contribution is -0.140. The van der Waals surface area contributed by atoms with Crippen LogP contribution in [0.2, 0.25) is 5.02 Å². The van der Waals surface area contributed by atoms with Crippen LogP contribution in [0.3, 0.4) is 0 Å². The number of likely N-dealkylation sites (tertiary alicyclic amines) is 1. The van der Waals surface area contributed by atoms with Crippen molar-refractivity contribution in [1.29, 1.82) is 0 Å². The lowest BCUT2D eigenvalue weighted by Gasteiger charge is -2.39. The van der Waals surface area contributed by atoms with Gasteiger partial charge in [0, 0.05) is 44.8 Å². The van der Waals surface area contributed by atoms with Gasteiger partial charge >= 0.3 is 12.2 Å². The Morgan fingerprint density at radius 2 is 1.80 bits per heavy atom. The zero-order valence-electron chi connectivity index (χ0n) is 19.7. The van der Waals surface area contributed by atoms with Crippen molar-refractivity contribution in [3.8, 4) is 0 Å². The van der Waals surface area contributed by atoms with E-state index in [9.17, 15) is 27.6 Å². The van der Waals surface area contributed by atoms with Gasteiger partial charge in [-0.1, -0.05) is 11.6 Å². The molecule has 2 aliphatic heterocycles. The van der Waals surface area contributed by atoms with Crippen molar-refractivity contribution in [2.45, 2.75) is 57.7 Å². The summed E-state index contributed by atoms with van der Waals surface area (Å²) in [6.07, 6.45) is 1.14. The van der Waals surface area contributed by atoms with Crippen molar-refractivity contribution < 1.29 is 27.6 Å². The zero-order chi connectivity index (χ0) is 25.4. The molecule has 192 valence electrons. The Hall–Kier alpha value is -2.49. The smallest absolute Gasteiger partial charge is 0.343 e. The van der Waals surface area contributed by atoms with Gasteiger partial charge in [-0.2, -0.15) is 13.2 Å². The number of urea groups is 1. The van der Waals surface area contributed by atoms with Crippen LogP contribution < -0.4 is 5.32 Å². The maximum atomic E-state index is 12.9. The molecule has 1 spiro atoms. The first-order valence-electron chi connectivity index (χ1n) is 12.0. The number of rotatable bonds is 5. The first kappa shape index (κ1) is 25.6. The molecule has 0 bridgehead atoms. The van der Waals surface area contributed by atoms with Gasteiger partial charge in [-0.3, -0.25) is 9.59 Å². The molecule has 1 N–H and O–H groups in total. The molecule has 3 aliphatic rings. The van der Waals surface area contributed by atoms with Gasteiger partial charge in [-0.25, -0.2) is 4.79 Å². The molecule has 2 heterocycles. The van der Waals surface area contributed by atoms with E-state index < -0.39 is 28.8 Å². The van der Waals surface area contributed by atoms with Crippen molar-refractivity contribution >= 4 is 35.1 Å². The van der Waals surface area contributed by atoms with Crippen LogP contribution in [0.1, 0.15) is 51.0 Å². The van der Waals surface area contributed by atoms with Crippen LogP contribution >= 0.6 is 11.6 Å². The number of hydrogen-bond acceptors (Lipinski definition) is 3. The Morgan fingerprint density at radius 3 is 2.40 bits per heavy atom. The maximum Gasteiger partial charge on any atom is 0.417 e. The van der Waals surface area contributed by atoms with E-state index in [1.807, 2.05) is 4.90 Å². The number of anilines is 1. The number of piperazine rings is 1. The molecule has 1 aromatic carbocycles. The molecule has 2 saturated heterocycles. The van der Waals surface area contributed by atoms with Crippen molar-refractivity contribution in [3.05, 3.63) is 28.8 Å². The van der Waals surface area contributed by atoms with Crippen LogP contribution in [0.25, 0.3) is 0 Å². The summed E-state index contributed by atoms with van der Waals surface area (Å²) in [6.45, 7) is 4.30. The number of alkyl halides is 3. The highest BCUT2D eigenvalue weighted by molar-refractivity contribution is 6.31. The zero-order valence-corrected chi connectivity index (χ0v) is 20.4. The van der Waals surface area contributed by atoms with Gasteiger partial charge in [0.1, 0.15) is 6.04 Å².